The minimum Gasteiger partial charge on any atom is -0.379 e. The number of ketones is 2. The van der Waals surface area contributed by atoms with E-state index in [-0.39, 0.29) is 35.9 Å². The summed E-state index contributed by atoms with van der Waals surface area (Å²) in [4.78, 5) is 45.3. The highest BCUT2D eigenvalue weighted by atomic mass is 32.1. The molecule has 0 bridgehead atoms. The van der Waals surface area contributed by atoms with Gasteiger partial charge in [-0.15, -0.1) is 11.3 Å². The Bertz CT molecular complexity index is 1120. The minimum atomic E-state index is -0.489. The van der Waals surface area contributed by atoms with Crippen LogP contribution in [0.15, 0.2) is 30.4 Å². The van der Waals surface area contributed by atoms with Gasteiger partial charge in [0.1, 0.15) is 5.78 Å². The first kappa shape index (κ1) is 30.1. The number of morpholine rings is 1. The Labute approximate surface area is 231 Å². The number of amides is 1. The van der Waals surface area contributed by atoms with Crippen LogP contribution in [-0.2, 0) is 32.0 Å². The maximum atomic E-state index is 13.5. The molecule has 2 heterocycles. The maximum Gasteiger partial charge on any atom is 0.224 e. The second kappa shape index (κ2) is 14.7. The van der Waals surface area contributed by atoms with Crippen LogP contribution >= 0.6 is 11.3 Å². The molecule has 3 rings (SSSR count). The molecular weight excluding hydrogens is 498 g/mol. The molecule has 1 aromatic carbocycles. The largest absolute Gasteiger partial charge is 0.379 e. The Balaban J connectivity index is 1.63. The van der Waals surface area contributed by atoms with E-state index in [1.165, 1.54) is 12.5 Å². The van der Waals surface area contributed by atoms with Crippen molar-refractivity contribution in [2.45, 2.75) is 72.3 Å². The van der Waals surface area contributed by atoms with Gasteiger partial charge in [0.25, 0.3) is 0 Å². The third-order valence-electron chi connectivity index (χ3n) is 7.48. The fraction of sp³-hybridized carbons (Fsp3) is 0.600. The summed E-state index contributed by atoms with van der Waals surface area (Å²) in [5, 5.41) is 4.06. The van der Waals surface area contributed by atoms with E-state index in [9.17, 15) is 14.4 Å². The number of rotatable bonds is 15. The standard InChI is InChI=1S/C30H43N3O4S/c1-6-20(3)25(10-11-27(35)21(4)19-33-12-14-37-15-13-33)32-30(36)24(16-22(5)34)18-29-31-26-9-8-23(7-2)17-28(26)38-29/h8-9,17,20,24-25H,4,6-7,10-16,18-19H2,1-3,5H3,(H,32,36)/t20-,24-,25+/m0/s1. The summed E-state index contributed by atoms with van der Waals surface area (Å²) in [7, 11) is 0. The lowest BCUT2D eigenvalue weighted by atomic mass is 9.91. The number of carbonyl (C=O) groups is 3. The van der Waals surface area contributed by atoms with Crippen LogP contribution < -0.4 is 5.32 Å². The van der Waals surface area contributed by atoms with Gasteiger partial charge in [-0.1, -0.05) is 39.8 Å². The van der Waals surface area contributed by atoms with Crippen molar-refractivity contribution in [2.24, 2.45) is 11.8 Å². The molecule has 38 heavy (non-hydrogen) atoms. The van der Waals surface area contributed by atoms with Crippen LogP contribution in [0.1, 0.15) is 63.9 Å². The van der Waals surface area contributed by atoms with Crippen LogP contribution in [0.4, 0.5) is 0 Å². The summed E-state index contributed by atoms with van der Waals surface area (Å²) in [6, 6.07) is 6.11. The van der Waals surface area contributed by atoms with E-state index in [4.69, 9.17) is 9.72 Å². The van der Waals surface area contributed by atoms with Crippen molar-refractivity contribution in [3.63, 3.8) is 0 Å². The molecule has 0 saturated carbocycles. The lowest BCUT2D eigenvalue weighted by Crippen LogP contribution is -2.43. The SMILES string of the molecule is C=C(CN1CCOCC1)C(=O)CC[C@@H](NC(=O)[C@@H](CC(C)=O)Cc1nc2ccc(CC)cc2s1)[C@@H](C)CC. The maximum absolute atomic E-state index is 13.5. The summed E-state index contributed by atoms with van der Waals surface area (Å²) in [5.41, 5.74) is 2.79. The van der Waals surface area contributed by atoms with E-state index in [1.54, 1.807) is 11.3 Å². The molecule has 1 fully saturated rings. The fourth-order valence-corrected chi connectivity index (χ4v) is 5.92. The average molecular weight is 542 g/mol. The molecule has 0 aliphatic carbocycles. The number of hydrogen-bond acceptors (Lipinski definition) is 7. The summed E-state index contributed by atoms with van der Waals surface area (Å²) in [6.07, 6.45) is 3.32. The zero-order chi connectivity index (χ0) is 27.7. The quantitative estimate of drug-likeness (QED) is 0.327. The van der Waals surface area contributed by atoms with E-state index in [0.29, 0.717) is 44.6 Å². The fourth-order valence-electron chi connectivity index (χ4n) is 4.80. The molecule has 1 aliphatic rings. The summed E-state index contributed by atoms with van der Waals surface area (Å²) >= 11 is 1.59. The Morgan fingerprint density at radius 3 is 2.61 bits per heavy atom. The molecule has 7 nitrogen and oxygen atoms in total. The Morgan fingerprint density at radius 1 is 1.21 bits per heavy atom. The molecule has 0 unspecified atom stereocenters. The smallest absolute Gasteiger partial charge is 0.224 e. The number of thiazole rings is 1. The van der Waals surface area contributed by atoms with Crippen molar-refractivity contribution in [3.8, 4) is 0 Å². The van der Waals surface area contributed by atoms with Crippen molar-refractivity contribution in [3.05, 3.63) is 40.9 Å². The van der Waals surface area contributed by atoms with Crippen LogP contribution in [0.2, 0.25) is 0 Å². The highest BCUT2D eigenvalue weighted by Gasteiger charge is 2.27. The van der Waals surface area contributed by atoms with Gasteiger partial charge in [-0.05, 0) is 43.4 Å². The first-order chi connectivity index (χ1) is 18.2. The second-order valence-corrected chi connectivity index (χ2v) is 11.6. The summed E-state index contributed by atoms with van der Waals surface area (Å²) in [5.74, 6) is -0.405. The van der Waals surface area contributed by atoms with Crippen LogP contribution in [-0.4, -0.2) is 66.2 Å². The monoisotopic (exact) mass is 541 g/mol. The number of benzene rings is 1. The van der Waals surface area contributed by atoms with E-state index in [1.807, 2.05) is 6.07 Å². The average Bonchev–Trinajstić information content (AvgIpc) is 3.31. The van der Waals surface area contributed by atoms with E-state index >= 15 is 0 Å². The normalized spacial score (nSPS) is 16.6. The van der Waals surface area contributed by atoms with E-state index < -0.39 is 5.92 Å². The number of hydrogen-bond donors (Lipinski definition) is 1. The van der Waals surface area contributed by atoms with Gasteiger partial charge >= 0.3 is 0 Å². The van der Waals surface area contributed by atoms with Gasteiger partial charge in [0, 0.05) is 50.5 Å². The number of fused-ring (bicyclic) bond motifs is 1. The van der Waals surface area contributed by atoms with Gasteiger partial charge < -0.3 is 14.8 Å². The Morgan fingerprint density at radius 2 is 1.95 bits per heavy atom. The molecule has 1 aromatic heterocycles. The highest BCUT2D eigenvalue weighted by molar-refractivity contribution is 7.18. The number of aromatic nitrogens is 1. The molecule has 1 aliphatic heterocycles. The van der Waals surface area contributed by atoms with Gasteiger partial charge in [-0.3, -0.25) is 14.5 Å². The van der Waals surface area contributed by atoms with Gasteiger partial charge in [0.2, 0.25) is 5.91 Å². The molecule has 1 N–H and O–H groups in total. The Kier molecular flexibility index (Phi) is 11.6. The number of nitrogens with zero attached hydrogens (tertiary/aromatic N) is 2. The van der Waals surface area contributed by atoms with Crippen molar-refractivity contribution in [1.82, 2.24) is 15.2 Å². The predicted molar refractivity (Wildman–Crippen MR) is 154 cm³/mol. The number of aryl methyl sites for hydroxylation is 1. The predicted octanol–water partition coefficient (Wildman–Crippen LogP) is 4.77. The number of carbonyl (C=O) groups excluding carboxylic acids is 3. The summed E-state index contributed by atoms with van der Waals surface area (Å²) < 4.78 is 6.49. The minimum absolute atomic E-state index is 0.0192. The number of ether oxygens (including phenoxy) is 1. The lowest BCUT2D eigenvalue weighted by Gasteiger charge is -2.28. The molecule has 3 atom stereocenters. The first-order valence-electron chi connectivity index (χ1n) is 13.9. The van der Waals surface area contributed by atoms with Gasteiger partial charge in [0.15, 0.2) is 5.78 Å². The molecule has 1 saturated heterocycles. The topological polar surface area (TPSA) is 88.6 Å². The van der Waals surface area contributed by atoms with Crippen molar-refractivity contribution < 1.29 is 19.1 Å². The van der Waals surface area contributed by atoms with Gasteiger partial charge in [-0.25, -0.2) is 4.98 Å². The van der Waals surface area contributed by atoms with Crippen LogP contribution in [0.5, 0.6) is 0 Å². The van der Waals surface area contributed by atoms with Crippen LogP contribution in [0.3, 0.4) is 0 Å². The third-order valence-corrected chi connectivity index (χ3v) is 8.52. The molecule has 8 heteroatoms. The number of nitrogens with one attached hydrogen (secondary N) is 1. The number of Topliss-reactive ketones (excluding diaryl/α,β-unsaturated/α-hetero) is 2. The zero-order valence-electron chi connectivity index (χ0n) is 23.4. The van der Waals surface area contributed by atoms with Gasteiger partial charge in [0.05, 0.1) is 34.4 Å². The second-order valence-electron chi connectivity index (χ2n) is 10.5. The summed E-state index contributed by atoms with van der Waals surface area (Å²) in [6.45, 7) is 15.4. The molecule has 2 aromatic rings. The van der Waals surface area contributed by atoms with Crippen molar-refractivity contribution in [2.75, 3.05) is 32.8 Å². The zero-order valence-corrected chi connectivity index (χ0v) is 24.2. The molecule has 0 spiro atoms. The molecular formula is C30H43N3O4S. The van der Waals surface area contributed by atoms with E-state index in [2.05, 4.69) is 49.7 Å². The van der Waals surface area contributed by atoms with Crippen molar-refractivity contribution >= 4 is 39.0 Å². The van der Waals surface area contributed by atoms with Crippen LogP contribution in [0, 0.1) is 11.8 Å². The van der Waals surface area contributed by atoms with Crippen LogP contribution in [0.25, 0.3) is 10.2 Å². The van der Waals surface area contributed by atoms with Crippen molar-refractivity contribution in [1.29, 1.82) is 0 Å². The Hall–Kier alpha value is -2.42. The molecule has 1 amide bonds. The molecule has 208 valence electrons. The first-order valence-corrected chi connectivity index (χ1v) is 14.7. The molecule has 0 radical (unpaired) electrons. The highest BCUT2D eigenvalue weighted by Crippen LogP contribution is 2.27. The lowest BCUT2D eigenvalue weighted by molar-refractivity contribution is -0.129. The third kappa shape index (κ3) is 8.82. The van der Waals surface area contributed by atoms with E-state index in [0.717, 1.165) is 41.2 Å². The van der Waals surface area contributed by atoms with Gasteiger partial charge in [-0.2, -0.15) is 0 Å².